The standard InChI is InChI=1S/C26H24N4O4S/c27-23(31)16-34-22-12-6-18(7-13-22)14-28-29-25(33)20-8-10-21(11-9-20)26-30(24(32)17-35-26)15-19-4-2-1-3-5-19/h1-14,26H,15-17H2,(H2,27,31)(H,29,33)/b28-14-/t26-/m0/s1. The molecule has 3 aromatic rings. The summed E-state index contributed by atoms with van der Waals surface area (Å²) >= 11 is 1.58. The second kappa shape index (κ2) is 11.3. The third-order valence-electron chi connectivity index (χ3n) is 5.26. The summed E-state index contributed by atoms with van der Waals surface area (Å²) in [7, 11) is 0. The van der Waals surface area contributed by atoms with Crippen molar-refractivity contribution in [1.82, 2.24) is 10.3 Å². The van der Waals surface area contributed by atoms with Crippen molar-refractivity contribution >= 4 is 35.7 Å². The molecule has 1 atom stereocenters. The summed E-state index contributed by atoms with van der Waals surface area (Å²) in [4.78, 5) is 37.5. The lowest BCUT2D eigenvalue weighted by molar-refractivity contribution is -0.128. The van der Waals surface area contributed by atoms with Crippen LogP contribution < -0.4 is 15.9 Å². The van der Waals surface area contributed by atoms with Crippen molar-refractivity contribution in [2.24, 2.45) is 10.8 Å². The van der Waals surface area contributed by atoms with E-state index in [1.165, 1.54) is 6.21 Å². The second-order valence-electron chi connectivity index (χ2n) is 7.82. The van der Waals surface area contributed by atoms with Crippen molar-refractivity contribution < 1.29 is 19.1 Å². The molecule has 1 heterocycles. The molecule has 1 aliphatic heterocycles. The van der Waals surface area contributed by atoms with Crippen molar-refractivity contribution in [3.8, 4) is 5.75 Å². The van der Waals surface area contributed by atoms with E-state index in [1.54, 1.807) is 48.2 Å². The predicted octanol–water partition coefficient (Wildman–Crippen LogP) is 3.09. The van der Waals surface area contributed by atoms with Crippen LogP contribution >= 0.6 is 11.8 Å². The first-order chi connectivity index (χ1) is 17.0. The maximum Gasteiger partial charge on any atom is 0.271 e. The minimum absolute atomic E-state index is 0.0900. The number of nitrogens with two attached hydrogens (primary N) is 1. The topological polar surface area (TPSA) is 114 Å². The van der Waals surface area contributed by atoms with Crippen LogP contribution in [0, 0.1) is 0 Å². The van der Waals surface area contributed by atoms with Crippen molar-refractivity contribution in [1.29, 1.82) is 0 Å². The number of rotatable bonds is 9. The van der Waals surface area contributed by atoms with Gasteiger partial charge in [-0.05, 0) is 53.1 Å². The molecule has 0 aromatic heterocycles. The molecule has 0 unspecified atom stereocenters. The first kappa shape index (κ1) is 24.0. The molecule has 0 bridgehead atoms. The van der Waals surface area contributed by atoms with Crippen molar-refractivity contribution in [2.45, 2.75) is 11.9 Å². The number of carbonyl (C=O) groups excluding carboxylic acids is 3. The molecule has 3 aromatic carbocycles. The number of hydrazone groups is 1. The molecular weight excluding hydrogens is 464 g/mol. The van der Waals surface area contributed by atoms with Crippen molar-refractivity contribution in [3.05, 3.63) is 101 Å². The van der Waals surface area contributed by atoms with Gasteiger partial charge in [-0.15, -0.1) is 11.8 Å². The van der Waals surface area contributed by atoms with Crippen LogP contribution in [0.4, 0.5) is 0 Å². The summed E-state index contributed by atoms with van der Waals surface area (Å²) in [6.07, 6.45) is 1.51. The SMILES string of the molecule is NC(=O)COc1ccc(/C=N\NC(=O)c2ccc([C@@H]3SCC(=O)N3Cc3ccccc3)cc2)cc1. The van der Waals surface area contributed by atoms with E-state index in [-0.39, 0.29) is 23.8 Å². The van der Waals surface area contributed by atoms with Crippen LogP contribution in [0.15, 0.2) is 84.0 Å². The summed E-state index contributed by atoms with van der Waals surface area (Å²) in [6, 6.07) is 23.9. The Bertz CT molecular complexity index is 1210. The molecule has 0 spiro atoms. The van der Waals surface area contributed by atoms with Gasteiger partial charge in [-0.3, -0.25) is 14.4 Å². The Balaban J connectivity index is 1.33. The molecule has 4 rings (SSSR count). The highest BCUT2D eigenvalue weighted by atomic mass is 32.2. The minimum Gasteiger partial charge on any atom is -0.484 e. The number of hydrogen-bond acceptors (Lipinski definition) is 6. The van der Waals surface area contributed by atoms with Gasteiger partial charge in [0.05, 0.1) is 12.0 Å². The van der Waals surface area contributed by atoms with Crippen molar-refractivity contribution in [2.75, 3.05) is 12.4 Å². The van der Waals surface area contributed by atoms with E-state index in [4.69, 9.17) is 10.5 Å². The Hall–Kier alpha value is -4.11. The van der Waals surface area contributed by atoms with E-state index in [9.17, 15) is 14.4 Å². The highest BCUT2D eigenvalue weighted by Gasteiger charge is 2.32. The molecule has 1 saturated heterocycles. The number of amides is 3. The Morgan fingerprint density at radius 1 is 1.06 bits per heavy atom. The van der Waals surface area contributed by atoms with Crippen LogP contribution in [0.5, 0.6) is 5.75 Å². The molecule has 3 amide bonds. The normalized spacial score (nSPS) is 15.4. The average Bonchev–Trinajstić information content (AvgIpc) is 3.24. The van der Waals surface area contributed by atoms with Gasteiger partial charge in [0.1, 0.15) is 11.1 Å². The second-order valence-corrected chi connectivity index (χ2v) is 8.88. The Labute approximate surface area is 207 Å². The molecule has 0 radical (unpaired) electrons. The number of nitrogens with one attached hydrogen (secondary N) is 1. The fourth-order valence-electron chi connectivity index (χ4n) is 3.51. The zero-order chi connectivity index (χ0) is 24.6. The predicted molar refractivity (Wildman–Crippen MR) is 135 cm³/mol. The number of hydrogen-bond donors (Lipinski definition) is 2. The van der Waals surface area contributed by atoms with E-state index in [0.29, 0.717) is 23.6 Å². The lowest BCUT2D eigenvalue weighted by Gasteiger charge is -2.24. The first-order valence-electron chi connectivity index (χ1n) is 10.9. The zero-order valence-electron chi connectivity index (χ0n) is 18.8. The van der Waals surface area contributed by atoms with Gasteiger partial charge < -0.3 is 15.4 Å². The third-order valence-corrected chi connectivity index (χ3v) is 6.52. The minimum atomic E-state index is -0.550. The molecule has 9 heteroatoms. The number of ether oxygens (including phenoxy) is 1. The summed E-state index contributed by atoms with van der Waals surface area (Å²) in [5.74, 6) is 0.158. The van der Waals surface area contributed by atoms with Crippen LogP contribution in [0.1, 0.15) is 32.4 Å². The van der Waals surface area contributed by atoms with Gasteiger partial charge in [-0.25, -0.2) is 5.43 Å². The fourth-order valence-corrected chi connectivity index (χ4v) is 4.70. The number of carbonyl (C=O) groups is 3. The van der Waals surface area contributed by atoms with Crippen LogP contribution in [-0.2, 0) is 16.1 Å². The van der Waals surface area contributed by atoms with E-state index in [1.807, 2.05) is 47.4 Å². The van der Waals surface area contributed by atoms with Crippen molar-refractivity contribution in [3.63, 3.8) is 0 Å². The highest BCUT2D eigenvalue weighted by molar-refractivity contribution is 8.00. The molecule has 3 N–H and O–H groups in total. The van der Waals surface area contributed by atoms with Gasteiger partial charge in [0.15, 0.2) is 6.61 Å². The Morgan fingerprint density at radius 2 is 1.77 bits per heavy atom. The van der Waals surface area contributed by atoms with E-state index < -0.39 is 5.91 Å². The van der Waals surface area contributed by atoms with Gasteiger partial charge in [0.2, 0.25) is 5.91 Å². The molecular formula is C26H24N4O4S. The fraction of sp³-hybridized carbons (Fsp3) is 0.154. The Kier molecular flexibility index (Phi) is 7.79. The largest absolute Gasteiger partial charge is 0.484 e. The van der Waals surface area contributed by atoms with Gasteiger partial charge in [0, 0.05) is 12.1 Å². The monoisotopic (exact) mass is 488 g/mol. The Morgan fingerprint density at radius 3 is 2.46 bits per heavy atom. The van der Waals surface area contributed by atoms with Crippen LogP contribution in [0.25, 0.3) is 0 Å². The lowest BCUT2D eigenvalue weighted by Crippen LogP contribution is -2.27. The number of nitrogens with zero attached hydrogens (tertiary/aromatic N) is 2. The summed E-state index contributed by atoms with van der Waals surface area (Å²) < 4.78 is 5.20. The summed E-state index contributed by atoms with van der Waals surface area (Å²) in [6.45, 7) is 0.357. The molecule has 35 heavy (non-hydrogen) atoms. The summed E-state index contributed by atoms with van der Waals surface area (Å²) in [5, 5.41) is 3.90. The molecule has 8 nitrogen and oxygen atoms in total. The van der Waals surface area contributed by atoms with E-state index in [0.717, 1.165) is 16.7 Å². The van der Waals surface area contributed by atoms with Crippen LogP contribution in [-0.4, -0.2) is 41.2 Å². The maximum absolute atomic E-state index is 12.5. The third kappa shape index (κ3) is 6.48. The molecule has 1 fully saturated rings. The highest BCUT2D eigenvalue weighted by Crippen LogP contribution is 2.39. The van der Waals surface area contributed by atoms with Gasteiger partial charge in [0.25, 0.3) is 11.8 Å². The zero-order valence-corrected chi connectivity index (χ0v) is 19.6. The average molecular weight is 489 g/mol. The smallest absolute Gasteiger partial charge is 0.271 e. The van der Waals surface area contributed by atoms with E-state index in [2.05, 4.69) is 10.5 Å². The van der Waals surface area contributed by atoms with E-state index >= 15 is 0 Å². The maximum atomic E-state index is 12.5. The lowest BCUT2D eigenvalue weighted by atomic mass is 10.1. The van der Waals surface area contributed by atoms with Gasteiger partial charge >= 0.3 is 0 Å². The van der Waals surface area contributed by atoms with Gasteiger partial charge in [-0.2, -0.15) is 5.10 Å². The number of primary amides is 1. The van der Waals surface area contributed by atoms with Crippen LogP contribution in [0.3, 0.4) is 0 Å². The number of thioether (sulfide) groups is 1. The molecule has 178 valence electrons. The molecule has 0 aliphatic carbocycles. The first-order valence-corrected chi connectivity index (χ1v) is 11.9. The number of benzene rings is 3. The van der Waals surface area contributed by atoms with Gasteiger partial charge in [-0.1, -0.05) is 42.5 Å². The molecule has 1 aliphatic rings. The molecule has 0 saturated carbocycles. The van der Waals surface area contributed by atoms with Crippen LogP contribution in [0.2, 0.25) is 0 Å². The summed E-state index contributed by atoms with van der Waals surface area (Å²) in [5.41, 5.74) is 10.8. The quantitative estimate of drug-likeness (QED) is 0.355.